The average Bonchev–Trinajstić information content (AvgIpc) is 2.60. The molecule has 0 aliphatic heterocycles. The van der Waals surface area contributed by atoms with Crippen LogP contribution in [0.25, 0.3) is 0 Å². The van der Waals surface area contributed by atoms with Crippen LogP contribution in [0.15, 0.2) is 40.9 Å². The van der Waals surface area contributed by atoms with Crippen molar-refractivity contribution in [2.75, 3.05) is 19.0 Å². The van der Waals surface area contributed by atoms with Gasteiger partial charge >= 0.3 is 0 Å². The van der Waals surface area contributed by atoms with Crippen molar-refractivity contribution >= 4 is 27.5 Å². The second kappa shape index (κ2) is 8.37. The van der Waals surface area contributed by atoms with Crippen LogP contribution < -0.4 is 14.8 Å². The van der Waals surface area contributed by atoms with Gasteiger partial charge in [-0.2, -0.15) is 5.26 Å². The Labute approximate surface area is 149 Å². The third kappa shape index (κ3) is 4.27. The maximum absolute atomic E-state index is 12.4. The third-order valence-corrected chi connectivity index (χ3v) is 3.78. The first-order valence-electron chi connectivity index (χ1n) is 7.41. The minimum absolute atomic E-state index is 0.300. The highest BCUT2D eigenvalue weighted by molar-refractivity contribution is 9.10. The molecule has 0 aromatic heterocycles. The number of methoxy groups -OCH3 is 1. The summed E-state index contributed by atoms with van der Waals surface area (Å²) in [6.07, 6.45) is 0.868. The number of anilines is 1. The molecule has 6 heteroatoms. The quantitative estimate of drug-likeness (QED) is 0.797. The van der Waals surface area contributed by atoms with Gasteiger partial charge in [-0.1, -0.05) is 13.0 Å². The van der Waals surface area contributed by atoms with E-state index in [1.54, 1.807) is 36.4 Å². The van der Waals surface area contributed by atoms with Gasteiger partial charge in [0.2, 0.25) is 0 Å². The molecule has 0 atom stereocenters. The Morgan fingerprint density at radius 2 is 2.12 bits per heavy atom. The van der Waals surface area contributed by atoms with Crippen LogP contribution in [0.4, 0.5) is 5.69 Å². The molecule has 0 heterocycles. The minimum atomic E-state index is -0.300. The van der Waals surface area contributed by atoms with Crippen molar-refractivity contribution in [3.8, 4) is 17.6 Å². The lowest BCUT2D eigenvalue weighted by atomic mass is 10.1. The molecule has 24 heavy (non-hydrogen) atoms. The molecule has 0 bridgehead atoms. The van der Waals surface area contributed by atoms with Crippen molar-refractivity contribution in [1.82, 2.24) is 0 Å². The molecule has 0 radical (unpaired) electrons. The molecule has 5 nitrogen and oxygen atoms in total. The predicted molar refractivity (Wildman–Crippen MR) is 95.6 cm³/mol. The molecule has 0 spiro atoms. The number of halogens is 1. The Morgan fingerprint density at radius 1 is 1.33 bits per heavy atom. The van der Waals surface area contributed by atoms with Crippen LogP contribution in [0.3, 0.4) is 0 Å². The maximum Gasteiger partial charge on any atom is 0.255 e. The Balaban J connectivity index is 2.26. The van der Waals surface area contributed by atoms with Gasteiger partial charge in [0.25, 0.3) is 5.91 Å². The molecule has 0 fully saturated rings. The summed E-state index contributed by atoms with van der Waals surface area (Å²) < 4.78 is 11.6. The lowest BCUT2D eigenvalue weighted by Crippen LogP contribution is -2.12. The molecule has 0 saturated heterocycles. The van der Waals surface area contributed by atoms with Crippen molar-refractivity contribution in [1.29, 1.82) is 5.26 Å². The molecular formula is C18H17BrN2O3. The summed E-state index contributed by atoms with van der Waals surface area (Å²) in [6.45, 7) is 2.57. The molecule has 0 unspecified atom stereocenters. The number of rotatable bonds is 6. The van der Waals surface area contributed by atoms with Gasteiger partial charge in [-0.3, -0.25) is 4.79 Å². The molecule has 0 aliphatic rings. The fraction of sp³-hybridized carbons (Fsp3) is 0.222. The number of benzene rings is 2. The standard InChI is InChI=1S/C18H17BrN2O3/c1-3-7-24-17-15(19)9-13(10-16(17)23-2)18(22)21-14-6-4-5-12(8-14)11-20/h4-6,8-10H,3,7H2,1-2H3,(H,21,22). The summed E-state index contributed by atoms with van der Waals surface area (Å²) in [6, 6.07) is 12.1. The number of carbonyl (C=O) groups is 1. The van der Waals surface area contributed by atoms with Crippen molar-refractivity contribution in [3.05, 3.63) is 52.0 Å². The largest absolute Gasteiger partial charge is 0.493 e. The van der Waals surface area contributed by atoms with Crippen molar-refractivity contribution in [3.63, 3.8) is 0 Å². The van der Waals surface area contributed by atoms with Gasteiger partial charge in [0.15, 0.2) is 11.5 Å². The molecule has 0 saturated carbocycles. The molecule has 1 amide bonds. The highest BCUT2D eigenvalue weighted by atomic mass is 79.9. The third-order valence-electron chi connectivity index (χ3n) is 3.19. The van der Waals surface area contributed by atoms with E-state index in [1.165, 1.54) is 7.11 Å². The van der Waals surface area contributed by atoms with Crippen molar-refractivity contribution < 1.29 is 14.3 Å². The topological polar surface area (TPSA) is 71.3 Å². The number of nitrogens with zero attached hydrogens (tertiary/aromatic N) is 1. The average molecular weight is 389 g/mol. The van der Waals surface area contributed by atoms with E-state index < -0.39 is 0 Å². The first-order chi connectivity index (χ1) is 11.6. The minimum Gasteiger partial charge on any atom is -0.493 e. The van der Waals surface area contributed by atoms with Crippen LogP contribution in [0.5, 0.6) is 11.5 Å². The first kappa shape index (κ1) is 17.8. The van der Waals surface area contributed by atoms with Gasteiger partial charge in [-0.25, -0.2) is 0 Å². The van der Waals surface area contributed by atoms with E-state index in [9.17, 15) is 4.79 Å². The number of hydrogen-bond donors (Lipinski definition) is 1. The zero-order chi connectivity index (χ0) is 17.5. The number of ether oxygens (including phenoxy) is 2. The number of hydrogen-bond acceptors (Lipinski definition) is 4. The van der Waals surface area contributed by atoms with Gasteiger partial charge in [-0.05, 0) is 52.7 Å². The van der Waals surface area contributed by atoms with Gasteiger partial charge in [0.05, 0.1) is 29.8 Å². The van der Waals surface area contributed by atoms with E-state index >= 15 is 0 Å². The van der Waals surface area contributed by atoms with Crippen LogP contribution in [0.1, 0.15) is 29.3 Å². The van der Waals surface area contributed by atoms with Crippen molar-refractivity contribution in [2.45, 2.75) is 13.3 Å². The summed E-state index contributed by atoms with van der Waals surface area (Å²) >= 11 is 3.42. The summed E-state index contributed by atoms with van der Waals surface area (Å²) in [4.78, 5) is 12.4. The van der Waals surface area contributed by atoms with Crippen LogP contribution in [-0.4, -0.2) is 19.6 Å². The summed E-state index contributed by atoms with van der Waals surface area (Å²) in [7, 11) is 1.53. The van der Waals surface area contributed by atoms with Gasteiger partial charge in [-0.15, -0.1) is 0 Å². The number of amides is 1. The van der Waals surface area contributed by atoms with E-state index in [2.05, 4.69) is 21.2 Å². The lowest BCUT2D eigenvalue weighted by molar-refractivity contribution is 0.102. The zero-order valence-electron chi connectivity index (χ0n) is 13.4. The summed E-state index contributed by atoms with van der Waals surface area (Å²) in [5.74, 6) is 0.752. The van der Waals surface area contributed by atoms with Crippen LogP contribution in [0.2, 0.25) is 0 Å². The van der Waals surface area contributed by atoms with Gasteiger partial charge < -0.3 is 14.8 Å². The molecule has 124 valence electrons. The fourth-order valence-electron chi connectivity index (χ4n) is 2.06. The van der Waals surface area contributed by atoms with E-state index in [-0.39, 0.29) is 5.91 Å². The van der Waals surface area contributed by atoms with Crippen LogP contribution >= 0.6 is 15.9 Å². The normalized spacial score (nSPS) is 9.92. The lowest BCUT2D eigenvalue weighted by Gasteiger charge is -2.14. The monoisotopic (exact) mass is 388 g/mol. The second-order valence-electron chi connectivity index (χ2n) is 4.98. The number of nitriles is 1. The Hall–Kier alpha value is -2.52. The zero-order valence-corrected chi connectivity index (χ0v) is 15.0. The second-order valence-corrected chi connectivity index (χ2v) is 5.84. The molecule has 1 N–H and O–H groups in total. The van der Waals surface area contributed by atoms with E-state index in [0.717, 1.165) is 6.42 Å². The highest BCUT2D eigenvalue weighted by Gasteiger charge is 2.16. The first-order valence-corrected chi connectivity index (χ1v) is 8.20. The number of nitrogens with one attached hydrogen (secondary N) is 1. The molecule has 2 aromatic carbocycles. The fourth-order valence-corrected chi connectivity index (χ4v) is 2.62. The Morgan fingerprint density at radius 3 is 2.79 bits per heavy atom. The maximum atomic E-state index is 12.4. The van der Waals surface area contributed by atoms with E-state index in [0.29, 0.717) is 39.4 Å². The van der Waals surface area contributed by atoms with Gasteiger partial charge in [0, 0.05) is 11.3 Å². The summed E-state index contributed by atoms with van der Waals surface area (Å²) in [5.41, 5.74) is 1.46. The van der Waals surface area contributed by atoms with E-state index in [4.69, 9.17) is 14.7 Å². The van der Waals surface area contributed by atoms with Crippen LogP contribution in [0, 0.1) is 11.3 Å². The molecule has 0 aliphatic carbocycles. The summed E-state index contributed by atoms with van der Waals surface area (Å²) in [5, 5.41) is 11.7. The van der Waals surface area contributed by atoms with Crippen molar-refractivity contribution in [2.24, 2.45) is 0 Å². The van der Waals surface area contributed by atoms with E-state index in [1.807, 2.05) is 13.0 Å². The molecule has 2 aromatic rings. The SMILES string of the molecule is CCCOc1c(Br)cc(C(=O)Nc2cccc(C#N)c2)cc1OC. The predicted octanol–water partition coefficient (Wildman–Crippen LogP) is 4.37. The number of carbonyl (C=O) groups excluding carboxylic acids is 1. The van der Waals surface area contributed by atoms with Gasteiger partial charge in [0.1, 0.15) is 0 Å². The Kier molecular flexibility index (Phi) is 6.21. The Bertz CT molecular complexity index is 784. The highest BCUT2D eigenvalue weighted by Crippen LogP contribution is 2.37. The molecule has 2 rings (SSSR count). The van der Waals surface area contributed by atoms with Crippen LogP contribution in [-0.2, 0) is 0 Å². The molecular weight excluding hydrogens is 372 g/mol. The smallest absolute Gasteiger partial charge is 0.255 e.